The van der Waals surface area contributed by atoms with Crippen molar-refractivity contribution in [1.29, 1.82) is 0 Å². The SMILES string of the molecule is OCc1ncc(Br)c(CCl)c1C(F)F. The Bertz CT molecular complexity index is 335. The van der Waals surface area contributed by atoms with Crippen LogP contribution in [0.5, 0.6) is 0 Å². The van der Waals surface area contributed by atoms with Gasteiger partial charge >= 0.3 is 0 Å². The van der Waals surface area contributed by atoms with Crippen molar-refractivity contribution in [2.45, 2.75) is 18.9 Å². The Balaban J connectivity index is 3.36. The fraction of sp³-hybridized carbons (Fsp3) is 0.375. The number of rotatable bonds is 3. The van der Waals surface area contributed by atoms with Crippen LogP contribution in [0.4, 0.5) is 8.78 Å². The van der Waals surface area contributed by atoms with E-state index < -0.39 is 13.0 Å². The number of pyridine rings is 1. The molecule has 1 aromatic rings. The van der Waals surface area contributed by atoms with E-state index in [1.807, 2.05) is 0 Å². The minimum atomic E-state index is -2.68. The molecule has 14 heavy (non-hydrogen) atoms. The average molecular weight is 287 g/mol. The van der Waals surface area contributed by atoms with Crippen LogP contribution in [0.15, 0.2) is 10.7 Å². The Labute approximate surface area is 93.0 Å². The highest BCUT2D eigenvalue weighted by Gasteiger charge is 2.20. The third-order valence-corrected chi connectivity index (χ3v) is 2.71. The minimum absolute atomic E-state index is 0.0288. The van der Waals surface area contributed by atoms with E-state index in [0.717, 1.165) is 0 Å². The third kappa shape index (κ3) is 2.21. The maximum absolute atomic E-state index is 12.6. The summed E-state index contributed by atoms with van der Waals surface area (Å²) in [6.07, 6.45) is -1.33. The molecule has 0 amide bonds. The highest BCUT2D eigenvalue weighted by Crippen LogP contribution is 2.31. The Morgan fingerprint density at radius 2 is 2.21 bits per heavy atom. The van der Waals surface area contributed by atoms with Crippen LogP contribution in [0.3, 0.4) is 0 Å². The lowest BCUT2D eigenvalue weighted by atomic mass is 10.1. The highest BCUT2D eigenvalue weighted by atomic mass is 79.9. The Morgan fingerprint density at radius 3 is 2.64 bits per heavy atom. The van der Waals surface area contributed by atoms with Gasteiger partial charge in [-0.3, -0.25) is 4.98 Å². The normalized spacial score (nSPS) is 11.0. The van der Waals surface area contributed by atoms with E-state index in [-0.39, 0.29) is 22.7 Å². The van der Waals surface area contributed by atoms with Crippen molar-refractivity contribution in [3.05, 3.63) is 27.5 Å². The summed E-state index contributed by atoms with van der Waals surface area (Å²) in [5.74, 6) is -0.0459. The first-order valence-corrected chi connectivity index (χ1v) is 5.05. The largest absolute Gasteiger partial charge is 0.390 e. The molecule has 0 saturated heterocycles. The fourth-order valence-corrected chi connectivity index (χ4v) is 2.01. The topological polar surface area (TPSA) is 33.1 Å². The summed E-state index contributed by atoms with van der Waals surface area (Å²) >= 11 is 8.61. The van der Waals surface area contributed by atoms with E-state index in [1.165, 1.54) is 6.20 Å². The first-order valence-electron chi connectivity index (χ1n) is 3.73. The second-order valence-corrected chi connectivity index (χ2v) is 3.66. The van der Waals surface area contributed by atoms with Gasteiger partial charge in [-0.1, -0.05) is 0 Å². The molecule has 0 fully saturated rings. The summed E-state index contributed by atoms with van der Waals surface area (Å²) < 4.78 is 25.7. The quantitative estimate of drug-likeness (QED) is 0.867. The highest BCUT2D eigenvalue weighted by molar-refractivity contribution is 9.10. The molecule has 0 radical (unpaired) electrons. The summed E-state index contributed by atoms with van der Waals surface area (Å²) in [4.78, 5) is 3.69. The zero-order valence-electron chi connectivity index (χ0n) is 6.98. The predicted octanol–water partition coefficient (Wildman–Crippen LogP) is 3.01. The lowest BCUT2D eigenvalue weighted by Gasteiger charge is -2.11. The molecule has 0 aliphatic carbocycles. The van der Waals surface area contributed by atoms with E-state index in [1.54, 1.807) is 0 Å². The van der Waals surface area contributed by atoms with Gasteiger partial charge in [0.15, 0.2) is 0 Å². The lowest BCUT2D eigenvalue weighted by molar-refractivity contribution is 0.145. The van der Waals surface area contributed by atoms with Crippen molar-refractivity contribution < 1.29 is 13.9 Å². The van der Waals surface area contributed by atoms with Gasteiger partial charge in [0.1, 0.15) is 0 Å². The molecule has 0 aliphatic heterocycles. The maximum Gasteiger partial charge on any atom is 0.266 e. The van der Waals surface area contributed by atoms with Crippen LogP contribution in [-0.2, 0) is 12.5 Å². The van der Waals surface area contributed by atoms with Gasteiger partial charge < -0.3 is 5.11 Å². The molecule has 1 heterocycles. The number of aliphatic hydroxyl groups is 1. The average Bonchev–Trinajstić information content (AvgIpc) is 2.17. The number of hydrogen-bond donors (Lipinski definition) is 1. The number of aliphatic hydroxyl groups excluding tert-OH is 1. The Kier molecular flexibility index (Phi) is 4.22. The van der Waals surface area contributed by atoms with Crippen LogP contribution in [-0.4, -0.2) is 10.1 Å². The van der Waals surface area contributed by atoms with E-state index in [0.29, 0.717) is 4.47 Å². The molecule has 1 N–H and O–H groups in total. The van der Waals surface area contributed by atoms with Crippen molar-refractivity contribution in [2.75, 3.05) is 0 Å². The minimum Gasteiger partial charge on any atom is -0.390 e. The van der Waals surface area contributed by atoms with Crippen molar-refractivity contribution in [1.82, 2.24) is 4.98 Å². The molecule has 0 aliphatic rings. The molecule has 1 rings (SSSR count). The molecule has 0 saturated carbocycles. The van der Waals surface area contributed by atoms with Crippen LogP contribution in [0.1, 0.15) is 23.2 Å². The van der Waals surface area contributed by atoms with Gasteiger partial charge in [-0.2, -0.15) is 0 Å². The van der Waals surface area contributed by atoms with Crippen molar-refractivity contribution >= 4 is 27.5 Å². The first-order chi connectivity index (χ1) is 6.61. The number of halogens is 4. The van der Waals surface area contributed by atoms with Gasteiger partial charge in [0.2, 0.25) is 0 Å². The third-order valence-electron chi connectivity index (χ3n) is 1.76. The van der Waals surface area contributed by atoms with E-state index >= 15 is 0 Å². The van der Waals surface area contributed by atoms with Gasteiger partial charge in [-0.25, -0.2) is 8.78 Å². The zero-order valence-corrected chi connectivity index (χ0v) is 9.32. The van der Waals surface area contributed by atoms with Gasteiger partial charge in [0, 0.05) is 22.1 Å². The molecular formula is C8H7BrClF2NO. The molecule has 6 heteroatoms. The van der Waals surface area contributed by atoms with Crippen molar-refractivity contribution in [3.63, 3.8) is 0 Å². The zero-order chi connectivity index (χ0) is 10.7. The van der Waals surface area contributed by atoms with Gasteiger partial charge in [0.25, 0.3) is 6.43 Å². The molecule has 0 bridgehead atoms. The second kappa shape index (κ2) is 5.00. The number of alkyl halides is 3. The van der Waals surface area contributed by atoms with Gasteiger partial charge in [-0.15, -0.1) is 11.6 Å². The summed E-state index contributed by atoms with van der Waals surface area (Å²) in [5.41, 5.74) is -0.0311. The van der Waals surface area contributed by atoms with Crippen LogP contribution in [0.25, 0.3) is 0 Å². The number of aromatic nitrogens is 1. The summed E-state index contributed by atoms with van der Waals surface area (Å²) in [6.45, 7) is -0.517. The predicted molar refractivity (Wildman–Crippen MR) is 52.4 cm³/mol. The van der Waals surface area contributed by atoms with Crippen LogP contribution >= 0.6 is 27.5 Å². The van der Waals surface area contributed by atoms with Crippen LogP contribution in [0.2, 0.25) is 0 Å². The molecule has 0 aromatic carbocycles. The smallest absolute Gasteiger partial charge is 0.266 e. The molecular weight excluding hydrogens is 279 g/mol. The standard InChI is InChI=1S/C8H7BrClF2NO/c9-5-2-13-6(3-14)7(8(11)12)4(5)1-10/h2,8,14H,1,3H2. The molecule has 1 aromatic heterocycles. The monoisotopic (exact) mass is 285 g/mol. The van der Waals surface area contributed by atoms with Gasteiger partial charge in [-0.05, 0) is 21.5 Å². The summed E-state index contributed by atoms with van der Waals surface area (Å²) in [7, 11) is 0. The Hall–Kier alpha value is -0.260. The molecule has 2 nitrogen and oxygen atoms in total. The molecule has 0 unspecified atom stereocenters. The summed E-state index contributed by atoms with van der Waals surface area (Å²) in [6, 6.07) is 0. The Morgan fingerprint density at radius 1 is 1.57 bits per heavy atom. The number of hydrogen-bond acceptors (Lipinski definition) is 2. The summed E-state index contributed by atoms with van der Waals surface area (Å²) in [5, 5.41) is 8.82. The maximum atomic E-state index is 12.6. The molecule has 0 spiro atoms. The molecule has 0 atom stereocenters. The van der Waals surface area contributed by atoms with Crippen molar-refractivity contribution in [2.24, 2.45) is 0 Å². The lowest BCUT2D eigenvalue weighted by Crippen LogP contribution is -2.03. The second-order valence-electron chi connectivity index (χ2n) is 2.54. The van der Waals surface area contributed by atoms with Crippen molar-refractivity contribution in [3.8, 4) is 0 Å². The van der Waals surface area contributed by atoms with Gasteiger partial charge in [0.05, 0.1) is 12.3 Å². The molecule has 78 valence electrons. The van der Waals surface area contributed by atoms with E-state index in [4.69, 9.17) is 16.7 Å². The van der Waals surface area contributed by atoms with Crippen LogP contribution < -0.4 is 0 Å². The first kappa shape index (κ1) is 11.8. The van der Waals surface area contributed by atoms with E-state index in [9.17, 15) is 8.78 Å². The van der Waals surface area contributed by atoms with E-state index in [2.05, 4.69) is 20.9 Å². The number of nitrogens with zero attached hydrogens (tertiary/aromatic N) is 1. The van der Waals surface area contributed by atoms with Crippen LogP contribution in [0, 0.1) is 0 Å². The fourth-order valence-electron chi connectivity index (χ4n) is 1.10.